The number of benzene rings is 2. The van der Waals surface area contributed by atoms with E-state index in [1.165, 1.54) is 6.92 Å². The Morgan fingerprint density at radius 3 is 2.38 bits per heavy atom. The van der Waals surface area contributed by atoms with E-state index in [1.807, 2.05) is 18.2 Å². The zero-order valence-electron chi connectivity index (χ0n) is 11.4. The molecular weight excluding hydrogens is 281 g/mol. The number of rotatable bonds is 4. The molecule has 0 aromatic heterocycles. The molecule has 0 saturated carbocycles. The third-order valence-electron chi connectivity index (χ3n) is 3.46. The minimum absolute atomic E-state index is 0.428. The van der Waals surface area contributed by atoms with Crippen molar-refractivity contribution in [3.05, 3.63) is 48.0 Å². The number of nitrogens with two attached hydrogens (primary N) is 1. The van der Waals surface area contributed by atoms with Crippen LogP contribution in [0.2, 0.25) is 0 Å². The molecule has 0 saturated heterocycles. The average molecular weight is 296 g/mol. The normalized spacial score (nSPS) is 14.9. The Hall–Kier alpha value is -2.08. The number of primary amides is 1. The summed E-state index contributed by atoms with van der Waals surface area (Å²) < 4.78 is 37.4. The second-order valence-electron chi connectivity index (χ2n) is 4.98. The molecule has 0 bridgehead atoms. The topological polar surface area (TPSA) is 55.1 Å². The third kappa shape index (κ3) is 3.16. The predicted octanol–water partition coefficient (Wildman–Crippen LogP) is 2.69. The number of halogens is 3. The van der Waals surface area contributed by atoms with Gasteiger partial charge in [-0.3, -0.25) is 10.1 Å². The van der Waals surface area contributed by atoms with Gasteiger partial charge in [0, 0.05) is 0 Å². The van der Waals surface area contributed by atoms with Crippen LogP contribution in [0.5, 0.6) is 0 Å². The minimum Gasteiger partial charge on any atom is -0.368 e. The highest BCUT2D eigenvalue weighted by Crippen LogP contribution is 2.29. The molecule has 6 heteroatoms. The maximum absolute atomic E-state index is 12.5. The van der Waals surface area contributed by atoms with Gasteiger partial charge in [-0.25, -0.2) is 0 Å². The zero-order chi connectivity index (χ0) is 15.7. The largest absolute Gasteiger partial charge is 0.401 e. The Morgan fingerprint density at radius 1 is 1.14 bits per heavy atom. The lowest BCUT2D eigenvalue weighted by Crippen LogP contribution is -2.53. The number of hydrogen-bond acceptors (Lipinski definition) is 2. The van der Waals surface area contributed by atoms with E-state index < -0.39 is 24.2 Å². The van der Waals surface area contributed by atoms with Crippen molar-refractivity contribution >= 4 is 16.7 Å². The summed E-state index contributed by atoms with van der Waals surface area (Å²) >= 11 is 0. The third-order valence-corrected chi connectivity index (χ3v) is 3.46. The Kier molecular flexibility index (Phi) is 3.91. The quantitative estimate of drug-likeness (QED) is 0.911. The number of nitrogens with one attached hydrogen (secondary N) is 1. The van der Waals surface area contributed by atoms with Crippen molar-refractivity contribution in [1.82, 2.24) is 5.32 Å². The van der Waals surface area contributed by atoms with E-state index in [0.29, 0.717) is 10.9 Å². The Balaban J connectivity index is 2.52. The Morgan fingerprint density at radius 2 is 1.76 bits per heavy atom. The van der Waals surface area contributed by atoms with E-state index >= 15 is 0 Å². The summed E-state index contributed by atoms with van der Waals surface area (Å²) in [6.45, 7) is 0.0680. The molecule has 112 valence electrons. The van der Waals surface area contributed by atoms with Crippen LogP contribution in [0, 0.1) is 0 Å². The maximum Gasteiger partial charge on any atom is 0.401 e. The molecule has 0 fully saturated rings. The van der Waals surface area contributed by atoms with Crippen molar-refractivity contribution in [2.45, 2.75) is 18.6 Å². The maximum atomic E-state index is 12.5. The van der Waals surface area contributed by atoms with E-state index in [1.54, 1.807) is 24.3 Å². The second kappa shape index (κ2) is 5.37. The molecule has 2 rings (SSSR count). The molecule has 0 aliphatic carbocycles. The van der Waals surface area contributed by atoms with Crippen LogP contribution < -0.4 is 11.1 Å². The van der Waals surface area contributed by atoms with Gasteiger partial charge in [-0.2, -0.15) is 13.2 Å². The molecular formula is C15H15F3N2O. The first-order chi connectivity index (χ1) is 9.74. The highest BCUT2D eigenvalue weighted by atomic mass is 19.4. The van der Waals surface area contributed by atoms with Crippen molar-refractivity contribution in [3.8, 4) is 0 Å². The van der Waals surface area contributed by atoms with Gasteiger partial charge in [-0.15, -0.1) is 0 Å². The van der Waals surface area contributed by atoms with Crippen molar-refractivity contribution < 1.29 is 18.0 Å². The van der Waals surface area contributed by atoms with E-state index in [-0.39, 0.29) is 0 Å². The molecule has 0 aliphatic heterocycles. The van der Waals surface area contributed by atoms with Gasteiger partial charge < -0.3 is 5.73 Å². The zero-order valence-corrected chi connectivity index (χ0v) is 11.4. The molecule has 3 N–H and O–H groups in total. The number of fused-ring (bicyclic) bond motifs is 1. The molecule has 21 heavy (non-hydrogen) atoms. The molecule has 2 aromatic carbocycles. The lowest BCUT2D eigenvalue weighted by Gasteiger charge is -2.30. The highest BCUT2D eigenvalue weighted by Gasteiger charge is 2.38. The van der Waals surface area contributed by atoms with Gasteiger partial charge >= 0.3 is 6.18 Å². The average Bonchev–Trinajstić information content (AvgIpc) is 2.43. The number of alkyl halides is 3. The van der Waals surface area contributed by atoms with Gasteiger partial charge in [0.15, 0.2) is 0 Å². The van der Waals surface area contributed by atoms with Crippen LogP contribution in [0.25, 0.3) is 10.8 Å². The molecule has 0 aliphatic rings. The van der Waals surface area contributed by atoms with Crippen LogP contribution in [0.3, 0.4) is 0 Å². The van der Waals surface area contributed by atoms with Gasteiger partial charge in [-0.1, -0.05) is 42.5 Å². The van der Waals surface area contributed by atoms with Gasteiger partial charge in [-0.05, 0) is 23.3 Å². The lowest BCUT2D eigenvalue weighted by atomic mass is 9.87. The van der Waals surface area contributed by atoms with Crippen LogP contribution in [0.1, 0.15) is 12.5 Å². The second-order valence-corrected chi connectivity index (χ2v) is 4.98. The molecule has 0 radical (unpaired) electrons. The summed E-state index contributed by atoms with van der Waals surface area (Å²) in [5.41, 5.74) is 4.18. The van der Waals surface area contributed by atoms with Gasteiger partial charge in [0.1, 0.15) is 5.54 Å². The Labute approximate surface area is 119 Å². The van der Waals surface area contributed by atoms with E-state index in [0.717, 1.165) is 5.39 Å². The van der Waals surface area contributed by atoms with Gasteiger partial charge in [0.2, 0.25) is 5.91 Å². The molecule has 3 nitrogen and oxygen atoms in total. The van der Waals surface area contributed by atoms with Crippen LogP contribution in [0.4, 0.5) is 13.2 Å². The molecule has 0 spiro atoms. The molecule has 0 heterocycles. The minimum atomic E-state index is -4.43. The fourth-order valence-corrected chi connectivity index (χ4v) is 2.25. The monoisotopic (exact) mass is 296 g/mol. The summed E-state index contributed by atoms with van der Waals surface area (Å²) in [6, 6.07) is 12.3. The molecule has 2 aromatic rings. The predicted molar refractivity (Wildman–Crippen MR) is 74.6 cm³/mol. The van der Waals surface area contributed by atoms with E-state index in [9.17, 15) is 18.0 Å². The fourth-order valence-electron chi connectivity index (χ4n) is 2.25. The summed E-state index contributed by atoms with van der Waals surface area (Å²) in [7, 11) is 0. The first-order valence-corrected chi connectivity index (χ1v) is 6.34. The smallest absolute Gasteiger partial charge is 0.368 e. The first-order valence-electron chi connectivity index (χ1n) is 6.34. The van der Waals surface area contributed by atoms with Crippen molar-refractivity contribution in [2.24, 2.45) is 5.73 Å². The van der Waals surface area contributed by atoms with Crippen LogP contribution in [0.15, 0.2) is 42.5 Å². The SMILES string of the molecule is CC(NCC(F)(F)F)(C(N)=O)c1cccc2ccccc12. The summed E-state index contributed by atoms with van der Waals surface area (Å²) in [5, 5.41) is 3.77. The number of hydrogen-bond donors (Lipinski definition) is 2. The van der Waals surface area contributed by atoms with Gasteiger partial charge in [0.05, 0.1) is 6.54 Å². The van der Waals surface area contributed by atoms with Crippen molar-refractivity contribution in [3.63, 3.8) is 0 Å². The molecule has 1 unspecified atom stereocenters. The number of amides is 1. The van der Waals surface area contributed by atoms with Crippen LogP contribution >= 0.6 is 0 Å². The van der Waals surface area contributed by atoms with Crippen LogP contribution in [-0.4, -0.2) is 18.6 Å². The van der Waals surface area contributed by atoms with Gasteiger partial charge in [0.25, 0.3) is 0 Å². The molecule has 1 atom stereocenters. The number of carbonyl (C=O) groups is 1. The summed E-state index contributed by atoms with van der Waals surface area (Å²) in [6.07, 6.45) is -4.43. The first kappa shape index (κ1) is 15.3. The summed E-state index contributed by atoms with van der Waals surface area (Å²) in [4.78, 5) is 11.8. The van der Waals surface area contributed by atoms with E-state index in [4.69, 9.17) is 5.73 Å². The Bertz CT molecular complexity index is 664. The van der Waals surface area contributed by atoms with Crippen molar-refractivity contribution in [2.75, 3.05) is 6.54 Å². The fraction of sp³-hybridized carbons (Fsp3) is 0.267. The molecule has 1 amide bonds. The lowest BCUT2D eigenvalue weighted by molar-refractivity contribution is -0.135. The standard InChI is InChI=1S/C15H15F3N2O/c1-14(13(19)21,20-9-15(16,17)18)12-8-4-6-10-5-2-3-7-11(10)12/h2-8,20H,9H2,1H3,(H2,19,21). The van der Waals surface area contributed by atoms with Crippen LogP contribution in [-0.2, 0) is 10.3 Å². The highest BCUT2D eigenvalue weighted by molar-refractivity contribution is 5.94. The number of carbonyl (C=O) groups excluding carboxylic acids is 1. The summed E-state index contributed by atoms with van der Waals surface area (Å²) in [5.74, 6) is -0.858. The van der Waals surface area contributed by atoms with E-state index in [2.05, 4.69) is 5.32 Å². The van der Waals surface area contributed by atoms with Crippen molar-refractivity contribution in [1.29, 1.82) is 0 Å².